The second kappa shape index (κ2) is 5.26. The average Bonchev–Trinajstić information content (AvgIpc) is 2.74. The Morgan fingerprint density at radius 1 is 1.42 bits per heavy atom. The molecule has 0 aromatic heterocycles. The van der Waals surface area contributed by atoms with Gasteiger partial charge >= 0.3 is 5.97 Å². The number of hydrogen-bond donors (Lipinski definition) is 2. The number of carboxylic acid groups (broad SMARTS) is 1. The van der Waals surface area contributed by atoms with Crippen LogP contribution in [0.15, 0.2) is 22.7 Å². The monoisotopic (exact) mass is 331 g/mol. The fraction of sp³-hybridized carbons (Fsp3) is 0.333. The number of rotatable bonds is 2. The number of hydrogen-bond acceptors (Lipinski definition) is 3. The first kappa shape index (κ1) is 14.0. The number of aliphatic carboxylic acids is 1. The molecule has 102 valence electrons. The Hall–Kier alpha value is -1.47. The number of carboxylic acids is 1. The molecule has 19 heavy (non-hydrogen) atoms. The molecule has 0 bridgehead atoms. The lowest BCUT2D eigenvalue weighted by Crippen LogP contribution is -2.40. The summed E-state index contributed by atoms with van der Waals surface area (Å²) in [5, 5.41) is 18.5. The van der Waals surface area contributed by atoms with Gasteiger partial charge in [0.2, 0.25) is 0 Å². The van der Waals surface area contributed by atoms with Crippen LogP contribution in [-0.2, 0) is 4.79 Å². The number of β-amino-alcohol motifs (C(OH)–C–C–N with tert-alkyl or cyclic N) is 1. The van der Waals surface area contributed by atoms with Crippen LogP contribution in [0.25, 0.3) is 0 Å². The van der Waals surface area contributed by atoms with Crippen molar-refractivity contribution in [2.75, 3.05) is 6.54 Å². The highest BCUT2D eigenvalue weighted by Gasteiger charge is 2.39. The van der Waals surface area contributed by atoms with Crippen LogP contribution in [0.4, 0.5) is 4.39 Å². The van der Waals surface area contributed by atoms with Crippen LogP contribution in [-0.4, -0.2) is 45.7 Å². The number of amides is 1. The highest BCUT2D eigenvalue weighted by atomic mass is 79.9. The zero-order valence-electron chi connectivity index (χ0n) is 9.72. The fourth-order valence-electron chi connectivity index (χ4n) is 2.09. The second-order valence-electron chi connectivity index (χ2n) is 4.33. The summed E-state index contributed by atoms with van der Waals surface area (Å²) in [5.74, 6) is -2.67. The third-order valence-corrected chi connectivity index (χ3v) is 3.48. The number of halogens is 2. The van der Waals surface area contributed by atoms with Crippen molar-refractivity contribution >= 4 is 27.8 Å². The molecule has 5 nitrogen and oxygen atoms in total. The van der Waals surface area contributed by atoms with E-state index in [1.54, 1.807) is 0 Å². The molecule has 1 fully saturated rings. The average molecular weight is 332 g/mol. The van der Waals surface area contributed by atoms with Gasteiger partial charge in [0.05, 0.1) is 11.7 Å². The van der Waals surface area contributed by atoms with Crippen LogP contribution in [0.1, 0.15) is 16.8 Å². The lowest BCUT2D eigenvalue weighted by atomic mass is 10.1. The van der Waals surface area contributed by atoms with E-state index in [1.165, 1.54) is 12.1 Å². The van der Waals surface area contributed by atoms with Gasteiger partial charge in [0.25, 0.3) is 5.91 Å². The fourth-order valence-corrected chi connectivity index (χ4v) is 2.45. The Balaban J connectivity index is 2.33. The molecule has 1 saturated heterocycles. The van der Waals surface area contributed by atoms with Crippen molar-refractivity contribution in [3.63, 3.8) is 0 Å². The van der Waals surface area contributed by atoms with Gasteiger partial charge in [-0.25, -0.2) is 9.18 Å². The number of carbonyl (C=O) groups is 2. The van der Waals surface area contributed by atoms with E-state index in [-0.39, 0.29) is 18.5 Å². The maximum absolute atomic E-state index is 13.6. The van der Waals surface area contributed by atoms with E-state index < -0.39 is 29.8 Å². The second-order valence-corrected chi connectivity index (χ2v) is 5.24. The molecule has 0 spiro atoms. The first-order valence-corrected chi connectivity index (χ1v) is 6.36. The van der Waals surface area contributed by atoms with Crippen LogP contribution < -0.4 is 0 Å². The molecule has 1 heterocycles. The Morgan fingerprint density at radius 3 is 2.74 bits per heavy atom. The topological polar surface area (TPSA) is 77.8 Å². The van der Waals surface area contributed by atoms with Gasteiger partial charge in [0.15, 0.2) is 0 Å². The minimum Gasteiger partial charge on any atom is -0.480 e. The molecule has 7 heteroatoms. The SMILES string of the molecule is O=C(O)[C@@H]1CC(O)CN1C(=O)c1cc(Br)ccc1F. The number of likely N-dealkylation sites (tertiary alicyclic amines) is 1. The van der Waals surface area contributed by atoms with Crippen molar-refractivity contribution in [2.45, 2.75) is 18.6 Å². The van der Waals surface area contributed by atoms with E-state index >= 15 is 0 Å². The van der Waals surface area contributed by atoms with Gasteiger partial charge < -0.3 is 15.1 Å². The minimum atomic E-state index is -1.21. The predicted octanol–water partition coefficient (Wildman–Crippen LogP) is 1.25. The smallest absolute Gasteiger partial charge is 0.326 e. The quantitative estimate of drug-likeness (QED) is 0.854. The van der Waals surface area contributed by atoms with E-state index in [4.69, 9.17) is 5.11 Å². The summed E-state index contributed by atoms with van der Waals surface area (Å²) >= 11 is 3.13. The van der Waals surface area contributed by atoms with E-state index in [9.17, 15) is 19.1 Å². The van der Waals surface area contributed by atoms with Crippen LogP contribution >= 0.6 is 15.9 Å². The molecule has 1 aliphatic heterocycles. The Kier molecular flexibility index (Phi) is 3.86. The Morgan fingerprint density at radius 2 is 2.11 bits per heavy atom. The third kappa shape index (κ3) is 2.76. The Bertz CT molecular complexity index is 536. The number of aliphatic hydroxyl groups is 1. The summed E-state index contributed by atoms with van der Waals surface area (Å²) in [6, 6.07) is 2.74. The molecule has 2 atom stereocenters. The first-order valence-electron chi connectivity index (χ1n) is 5.57. The number of nitrogens with zero attached hydrogens (tertiary/aromatic N) is 1. The van der Waals surface area contributed by atoms with Gasteiger partial charge in [0.1, 0.15) is 11.9 Å². The van der Waals surface area contributed by atoms with Gasteiger partial charge in [-0.3, -0.25) is 4.79 Å². The number of carbonyl (C=O) groups excluding carboxylic acids is 1. The molecule has 0 aliphatic carbocycles. The highest BCUT2D eigenvalue weighted by molar-refractivity contribution is 9.10. The van der Waals surface area contributed by atoms with Crippen molar-refractivity contribution in [3.8, 4) is 0 Å². The lowest BCUT2D eigenvalue weighted by molar-refractivity contribution is -0.141. The van der Waals surface area contributed by atoms with Crippen molar-refractivity contribution in [1.82, 2.24) is 4.90 Å². The number of aliphatic hydroxyl groups excluding tert-OH is 1. The van der Waals surface area contributed by atoms with Gasteiger partial charge in [-0.15, -0.1) is 0 Å². The largest absolute Gasteiger partial charge is 0.480 e. The summed E-state index contributed by atoms with van der Waals surface area (Å²) in [5.41, 5.74) is -0.213. The first-order chi connectivity index (χ1) is 8.90. The molecule has 1 amide bonds. The van der Waals surface area contributed by atoms with Crippen molar-refractivity contribution < 1.29 is 24.2 Å². The zero-order valence-corrected chi connectivity index (χ0v) is 11.3. The molecule has 1 aromatic carbocycles. The van der Waals surface area contributed by atoms with Gasteiger partial charge in [-0.1, -0.05) is 15.9 Å². The summed E-state index contributed by atoms with van der Waals surface area (Å²) in [6.45, 7) is -0.109. The summed E-state index contributed by atoms with van der Waals surface area (Å²) in [4.78, 5) is 24.2. The van der Waals surface area contributed by atoms with Crippen molar-refractivity contribution in [2.24, 2.45) is 0 Å². The van der Waals surface area contributed by atoms with Crippen molar-refractivity contribution in [1.29, 1.82) is 0 Å². The molecule has 1 aromatic rings. The van der Waals surface area contributed by atoms with E-state index in [0.29, 0.717) is 4.47 Å². The van der Waals surface area contributed by atoms with E-state index in [1.807, 2.05) is 0 Å². The molecule has 2 N–H and O–H groups in total. The van der Waals surface area contributed by atoms with Crippen LogP contribution in [0.5, 0.6) is 0 Å². The number of benzene rings is 1. The summed E-state index contributed by atoms with van der Waals surface area (Å²) in [6.07, 6.45) is -0.947. The van der Waals surface area contributed by atoms with Crippen LogP contribution in [0, 0.1) is 5.82 Å². The molecule has 1 unspecified atom stereocenters. The maximum Gasteiger partial charge on any atom is 0.326 e. The van der Waals surface area contributed by atoms with Gasteiger partial charge in [0, 0.05) is 17.4 Å². The van der Waals surface area contributed by atoms with Gasteiger partial charge in [-0.2, -0.15) is 0 Å². The summed E-state index contributed by atoms with van der Waals surface area (Å²) in [7, 11) is 0. The minimum absolute atomic E-state index is 0.0449. The molecule has 1 aliphatic rings. The van der Waals surface area contributed by atoms with E-state index in [2.05, 4.69) is 15.9 Å². The maximum atomic E-state index is 13.6. The molecular weight excluding hydrogens is 321 g/mol. The van der Waals surface area contributed by atoms with Crippen LogP contribution in [0.2, 0.25) is 0 Å². The Labute approximate surface area is 116 Å². The highest BCUT2D eigenvalue weighted by Crippen LogP contribution is 2.23. The third-order valence-electron chi connectivity index (χ3n) is 2.98. The molecular formula is C12H11BrFNO4. The molecule has 2 rings (SSSR count). The zero-order chi connectivity index (χ0) is 14.2. The molecule has 0 saturated carbocycles. The summed E-state index contributed by atoms with van der Waals surface area (Å²) < 4.78 is 14.1. The lowest BCUT2D eigenvalue weighted by Gasteiger charge is -2.21. The molecule has 0 radical (unpaired) electrons. The van der Waals surface area contributed by atoms with Gasteiger partial charge in [-0.05, 0) is 18.2 Å². The predicted molar refractivity (Wildman–Crippen MR) is 67.2 cm³/mol. The normalized spacial score (nSPS) is 22.6. The van der Waals surface area contributed by atoms with E-state index in [0.717, 1.165) is 11.0 Å². The van der Waals surface area contributed by atoms with Crippen LogP contribution in [0.3, 0.4) is 0 Å². The van der Waals surface area contributed by atoms with Crippen molar-refractivity contribution in [3.05, 3.63) is 34.1 Å². The standard InChI is InChI=1S/C12H11BrFNO4/c13-6-1-2-9(14)8(3-6)11(17)15-5-7(16)4-10(15)12(18)19/h1-3,7,10,16H,4-5H2,(H,18,19)/t7?,10-/m0/s1.